The first-order chi connectivity index (χ1) is 14.4. The highest BCUT2D eigenvalue weighted by atomic mass is 16.3. The lowest BCUT2D eigenvalue weighted by Gasteiger charge is -2.22. The SMILES string of the molecule is c1ccc2c(c1)cc(-c1cc(C3CCCCC3)ccn1)c1oc3ncccc3c12. The first-order valence-corrected chi connectivity index (χ1v) is 10.5. The van der Waals surface area contributed by atoms with E-state index in [1.54, 1.807) is 6.20 Å². The van der Waals surface area contributed by atoms with Crippen molar-refractivity contribution in [3.63, 3.8) is 0 Å². The summed E-state index contributed by atoms with van der Waals surface area (Å²) in [6.45, 7) is 0. The molecular weight excluding hydrogens is 356 g/mol. The van der Waals surface area contributed by atoms with Crippen LogP contribution in [-0.2, 0) is 0 Å². The molecule has 3 heteroatoms. The van der Waals surface area contributed by atoms with Crippen LogP contribution in [-0.4, -0.2) is 9.97 Å². The summed E-state index contributed by atoms with van der Waals surface area (Å²) in [5.41, 5.74) is 5.01. The van der Waals surface area contributed by atoms with Crippen molar-refractivity contribution in [2.45, 2.75) is 38.0 Å². The number of aromatic nitrogens is 2. The lowest BCUT2D eigenvalue weighted by molar-refractivity contribution is 0.443. The van der Waals surface area contributed by atoms with Crippen LogP contribution in [0.2, 0.25) is 0 Å². The standard InChI is InChI=1S/C26H22N2O/c1-2-7-17(8-3-1)18-12-14-27-23(16-18)22-15-19-9-4-5-10-20(19)24-21-11-6-13-28-26(21)29-25(22)24/h4-6,9-17H,1-3,7-8H2. The summed E-state index contributed by atoms with van der Waals surface area (Å²) in [4.78, 5) is 9.22. The molecule has 3 heterocycles. The molecule has 1 saturated carbocycles. The number of nitrogens with zero attached hydrogens (tertiary/aromatic N) is 2. The average molecular weight is 378 g/mol. The predicted octanol–water partition coefficient (Wildman–Crippen LogP) is 7.24. The second-order valence-electron chi connectivity index (χ2n) is 8.12. The third-order valence-corrected chi connectivity index (χ3v) is 6.38. The average Bonchev–Trinajstić information content (AvgIpc) is 3.19. The molecule has 29 heavy (non-hydrogen) atoms. The number of furan rings is 1. The second-order valence-corrected chi connectivity index (χ2v) is 8.12. The third-order valence-electron chi connectivity index (χ3n) is 6.38. The summed E-state index contributed by atoms with van der Waals surface area (Å²) in [6.07, 6.45) is 10.3. The van der Waals surface area contributed by atoms with Crippen molar-refractivity contribution in [2.75, 3.05) is 0 Å². The Morgan fingerprint density at radius 3 is 2.59 bits per heavy atom. The Kier molecular flexibility index (Phi) is 3.86. The van der Waals surface area contributed by atoms with Crippen molar-refractivity contribution in [1.29, 1.82) is 0 Å². The zero-order valence-corrected chi connectivity index (χ0v) is 16.3. The Labute approximate surface area is 169 Å². The molecule has 142 valence electrons. The van der Waals surface area contributed by atoms with Gasteiger partial charge in [0, 0.05) is 28.7 Å². The smallest absolute Gasteiger partial charge is 0.227 e. The molecule has 5 aromatic rings. The maximum absolute atomic E-state index is 6.28. The highest BCUT2D eigenvalue weighted by Gasteiger charge is 2.20. The summed E-state index contributed by atoms with van der Waals surface area (Å²) >= 11 is 0. The van der Waals surface area contributed by atoms with Gasteiger partial charge in [-0.1, -0.05) is 43.5 Å². The van der Waals surface area contributed by atoms with Gasteiger partial charge in [0.15, 0.2) is 0 Å². The van der Waals surface area contributed by atoms with Gasteiger partial charge in [0.25, 0.3) is 0 Å². The summed E-state index contributed by atoms with van der Waals surface area (Å²) < 4.78 is 6.28. The van der Waals surface area contributed by atoms with Gasteiger partial charge >= 0.3 is 0 Å². The van der Waals surface area contributed by atoms with E-state index >= 15 is 0 Å². The fourth-order valence-electron chi connectivity index (χ4n) is 4.94. The summed E-state index contributed by atoms with van der Waals surface area (Å²) in [5.74, 6) is 0.652. The molecule has 0 aliphatic heterocycles. The van der Waals surface area contributed by atoms with E-state index in [1.165, 1.54) is 48.4 Å². The molecule has 0 saturated heterocycles. The fraction of sp³-hybridized carbons (Fsp3) is 0.231. The largest absolute Gasteiger partial charge is 0.437 e. The van der Waals surface area contributed by atoms with Crippen LogP contribution in [0.1, 0.15) is 43.6 Å². The van der Waals surface area contributed by atoms with E-state index < -0.39 is 0 Å². The van der Waals surface area contributed by atoms with Crippen molar-refractivity contribution in [2.24, 2.45) is 0 Å². The van der Waals surface area contributed by atoms with Crippen molar-refractivity contribution in [3.05, 3.63) is 72.6 Å². The Bertz CT molecular complexity index is 1350. The summed E-state index contributed by atoms with van der Waals surface area (Å²) in [7, 11) is 0. The van der Waals surface area contributed by atoms with Gasteiger partial charge < -0.3 is 4.42 Å². The minimum Gasteiger partial charge on any atom is -0.437 e. The monoisotopic (exact) mass is 378 g/mol. The van der Waals surface area contributed by atoms with Crippen molar-refractivity contribution >= 4 is 32.8 Å². The van der Waals surface area contributed by atoms with Gasteiger partial charge in [-0.25, -0.2) is 4.98 Å². The number of rotatable bonds is 2. The van der Waals surface area contributed by atoms with E-state index in [9.17, 15) is 0 Å². The number of hydrogen-bond donors (Lipinski definition) is 0. The molecule has 1 aliphatic rings. The van der Waals surface area contributed by atoms with Crippen LogP contribution in [0, 0.1) is 0 Å². The molecule has 1 aliphatic carbocycles. The topological polar surface area (TPSA) is 38.9 Å². The van der Waals surface area contributed by atoms with Crippen LogP contribution in [0.25, 0.3) is 44.1 Å². The predicted molar refractivity (Wildman–Crippen MR) is 118 cm³/mol. The molecule has 2 aromatic carbocycles. The highest BCUT2D eigenvalue weighted by Crippen LogP contribution is 2.41. The Balaban J connectivity index is 1.63. The maximum Gasteiger partial charge on any atom is 0.227 e. The molecule has 0 spiro atoms. The molecule has 0 N–H and O–H groups in total. The number of pyridine rings is 2. The number of hydrogen-bond acceptors (Lipinski definition) is 3. The first kappa shape index (κ1) is 16.7. The molecule has 3 aromatic heterocycles. The Morgan fingerprint density at radius 2 is 1.66 bits per heavy atom. The van der Waals surface area contributed by atoms with E-state index in [4.69, 9.17) is 9.40 Å². The second kappa shape index (κ2) is 6.70. The van der Waals surface area contributed by atoms with Crippen LogP contribution in [0.5, 0.6) is 0 Å². The fourth-order valence-corrected chi connectivity index (χ4v) is 4.94. The lowest BCUT2D eigenvalue weighted by atomic mass is 9.84. The third kappa shape index (κ3) is 2.72. The van der Waals surface area contributed by atoms with E-state index in [0.29, 0.717) is 11.6 Å². The van der Waals surface area contributed by atoms with E-state index in [-0.39, 0.29) is 0 Å². The molecule has 6 rings (SSSR count). The maximum atomic E-state index is 6.28. The zero-order chi connectivity index (χ0) is 19.2. The van der Waals surface area contributed by atoms with E-state index in [0.717, 1.165) is 27.6 Å². The quantitative estimate of drug-likeness (QED) is 0.325. The van der Waals surface area contributed by atoms with Gasteiger partial charge in [0.05, 0.1) is 5.69 Å². The number of fused-ring (bicyclic) bond motifs is 5. The molecule has 3 nitrogen and oxygen atoms in total. The van der Waals surface area contributed by atoms with Crippen LogP contribution >= 0.6 is 0 Å². The van der Waals surface area contributed by atoms with Crippen LogP contribution in [0.15, 0.2) is 71.4 Å². The molecule has 0 amide bonds. The first-order valence-electron chi connectivity index (χ1n) is 10.5. The van der Waals surface area contributed by atoms with Gasteiger partial charge in [-0.3, -0.25) is 4.98 Å². The van der Waals surface area contributed by atoms with Crippen molar-refractivity contribution in [1.82, 2.24) is 9.97 Å². The van der Waals surface area contributed by atoms with Gasteiger partial charge in [0.1, 0.15) is 5.58 Å². The minimum absolute atomic E-state index is 0.652. The van der Waals surface area contributed by atoms with Crippen molar-refractivity contribution in [3.8, 4) is 11.3 Å². The zero-order valence-electron chi connectivity index (χ0n) is 16.3. The van der Waals surface area contributed by atoms with E-state index in [2.05, 4.69) is 53.5 Å². The van der Waals surface area contributed by atoms with Gasteiger partial charge in [0.2, 0.25) is 5.71 Å². The summed E-state index contributed by atoms with van der Waals surface area (Å²) in [6, 6.07) is 19.2. The van der Waals surface area contributed by atoms with Gasteiger partial charge in [-0.15, -0.1) is 0 Å². The normalized spacial score (nSPS) is 15.4. The highest BCUT2D eigenvalue weighted by molar-refractivity contribution is 6.21. The molecule has 0 bridgehead atoms. The molecule has 1 fully saturated rings. The summed E-state index contributed by atoms with van der Waals surface area (Å²) in [5, 5.41) is 4.59. The van der Waals surface area contributed by atoms with Crippen LogP contribution in [0.4, 0.5) is 0 Å². The molecular formula is C26H22N2O. The van der Waals surface area contributed by atoms with Gasteiger partial charge in [-0.2, -0.15) is 0 Å². The lowest BCUT2D eigenvalue weighted by Crippen LogP contribution is -2.04. The van der Waals surface area contributed by atoms with E-state index in [1.807, 2.05) is 12.3 Å². The molecule has 0 radical (unpaired) electrons. The molecule has 0 unspecified atom stereocenters. The van der Waals surface area contributed by atoms with Crippen LogP contribution < -0.4 is 0 Å². The number of benzene rings is 2. The Hall–Kier alpha value is -3.20. The Morgan fingerprint density at radius 1 is 0.793 bits per heavy atom. The van der Waals surface area contributed by atoms with Gasteiger partial charge in [-0.05, 0) is 65.4 Å². The van der Waals surface area contributed by atoms with Crippen LogP contribution in [0.3, 0.4) is 0 Å². The van der Waals surface area contributed by atoms with Crippen molar-refractivity contribution < 1.29 is 4.42 Å². The minimum atomic E-state index is 0.652. The molecule has 0 atom stereocenters.